The lowest BCUT2D eigenvalue weighted by Gasteiger charge is -2.32. The molecule has 3 N–H and O–H groups in total. The average molecular weight is 395 g/mol. The highest BCUT2D eigenvalue weighted by atomic mass is 35.5. The van der Waals surface area contributed by atoms with Crippen LogP contribution in [0.1, 0.15) is 11.5 Å². The Labute approximate surface area is 159 Å². The van der Waals surface area contributed by atoms with Crippen molar-refractivity contribution in [1.82, 2.24) is 4.98 Å². The third-order valence-corrected chi connectivity index (χ3v) is 5.75. The highest BCUT2D eigenvalue weighted by Crippen LogP contribution is 2.49. The molecule has 0 spiro atoms. The van der Waals surface area contributed by atoms with E-state index in [2.05, 4.69) is 10.3 Å². The Hall–Kier alpha value is -1.70. The van der Waals surface area contributed by atoms with Crippen molar-refractivity contribution in [3.8, 4) is 0 Å². The summed E-state index contributed by atoms with van der Waals surface area (Å²) in [5.41, 5.74) is 1.32. The number of nitrogens with zero attached hydrogens (tertiary/aromatic N) is 1. The Bertz CT molecular complexity index is 835. The fourth-order valence-corrected chi connectivity index (χ4v) is 4.13. The van der Waals surface area contributed by atoms with Gasteiger partial charge in [-0.2, -0.15) is 0 Å². The van der Waals surface area contributed by atoms with Gasteiger partial charge in [0.15, 0.2) is 0 Å². The quantitative estimate of drug-likeness (QED) is 0.742. The molecule has 1 aromatic heterocycles. The van der Waals surface area contributed by atoms with Gasteiger partial charge in [-0.1, -0.05) is 23.2 Å². The molecule has 2 fully saturated rings. The van der Waals surface area contributed by atoms with Gasteiger partial charge in [0.2, 0.25) is 5.91 Å². The number of nitrogens with one attached hydrogen (secondary N) is 1. The number of amides is 1. The first-order valence-corrected chi connectivity index (χ1v) is 8.90. The van der Waals surface area contributed by atoms with Crippen LogP contribution in [-0.2, 0) is 9.53 Å². The fourth-order valence-electron chi connectivity index (χ4n) is 3.83. The molecule has 0 aliphatic carbocycles. The van der Waals surface area contributed by atoms with Crippen molar-refractivity contribution >= 4 is 34.8 Å². The van der Waals surface area contributed by atoms with E-state index in [9.17, 15) is 15.0 Å². The third kappa shape index (κ3) is 2.88. The van der Waals surface area contributed by atoms with E-state index >= 15 is 0 Å². The summed E-state index contributed by atoms with van der Waals surface area (Å²) in [6.45, 7) is 0. The van der Waals surface area contributed by atoms with Crippen molar-refractivity contribution in [3.05, 3.63) is 58.3 Å². The summed E-state index contributed by atoms with van der Waals surface area (Å²) in [4.78, 5) is 16.9. The zero-order valence-corrected chi connectivity index (χ0v) is 14.9. The van der Waals surface area contributed by atoms with E-state index in [1.54, 1.807) is 42.7 Å². The van der Waals surface area contributed by atoms with Gasteiger partial charge in [-0.05, 0) is 35.9 Å². The fraction of sp³-hybridized carbons (Fsp3) is 0.333. The van der Waals surface area contributed by atoms with Crippen LogP contribution in [0.25, 0.3) is 0 Å². The molecule has 136 valence electrons. The maximum absolute atomic E-state index is 13.0. The standard InChI is InChI=1S/C18H16Cl2N2O4/c19-10-2-1-9(7-11(10)20)22-18(25)13-12(8-3-5-21-6-4-8)16-14(23)15(24)17(13)26-16/h1-7,12-17,23-24H,(H,22,25)/t12-,13-,14+,15-,16-,17-/m1/s1. The Morgan fingerprint density at radius 1 is 1.04 bits per heavy atom. The second kappa shape index (κ2) is 6.79. The van der Waals surface area contributed by atoms with E-state index in [4.69, 9.17) is 27.9 Å². The number of pyridine rings is 1. The molecule has 2 aliphatic heterocycles. The number of carbonyl (C=O) groups is 1. The summed E-state index contributed by atoms with van der Waals surface area (Å²) in [6, 6.07) is 8.37. The number of aliphatic hydroxyl groups excluding tert-OH is 2. The summed E-state index contributed by atoms with van der Waals surface area (Å²) in [5, 5.41) is 24.0. The third-order valence-electron chi connectivity index (χ3n) is 5.01. The molecule has 2 saturated heterocycles. The number of aromatic nitrogens is 1. The molecule has 8 heteroatoms. The monoisotopic (exact) mass is 394 g/mol. The van der Waals surface area contributed by atoms with E-state index in [1.807, 2.05) is 0 Å². The van der Waals surface area contributed by atoms with Crippen LogP contribution in [0.15, 0.2) is 42.7 Å². The number of rotatable bonds is 3. The van der Waals surface area contributed by atoms with Gasteiger partial charge in [-0.25, -0.2) is 0 Å². The normalized spacial score (nSPS) is 32.6. The number of carbonyl (C=O) groups excluding carboxylic acids is 1. The molecule has 0 saturated carbocycles. The molecule has 1 aromatic carbocycles. The smallest absolute Gasteiger partial charge is 0.230 e. The molecule has 3 heterocycles. The molecule has 2 aliphatic rings. The molecular weight excluding hydrogens is 379 g/mol. The van der Waals surface area contributed by atoms with Crippen LogP contribution in [0, 0.1) is 5.92 Å². The Balaban J connectivity index is 1.64. The maximum Gasteiger partial charge on any atom is 0.230 e. The Morgan fingerprint density at radius 3 is 2.42 bits per heavy atom. The minimum Gasteiger partial charge on any atom is -0.388 e. The molecule has 4 rings (SSSR count). The van der Waals surface area contributed by atoms with Crippen LogP contribution in [0.5, 0.6) is 0 Å². The van der Waals surface area contributed by atoms with Crippen LogP contribution in [0.3, 0.4) is 0 Å². The van der Waals surface area contributed by atoms with Gasteiger partial charge in [0, 0.05) is 24.0 Å². The summed E-state index contributed by atoms with van der Waals surface area (Å²) < 4.78 is 5.75. The van der Waals surface area contributed by atoms with E-state index in [0.29, 0.717) is 15.7 Å². The summed E-state index contributed by atoms with van der Waals surface area (Å²) in [6.07, 6.45) is -0.330. The second-order valence-corrected chi connectivity index (χ2v) is 7.31. The van der Waals surface area contributed by atoms with Crippen molar-refractivity contribution in [2.45, 2.75) is 30.3 Å². The first kappa shape index (κ1) is 17.7. The Kier molecular flexibility index (Phi) is 4.62. The Morgan fingerprint density at radius 2 is 1.73 bits per heavy atom. The highest BCUT2D eigenvalue weighted by molar-refractivity contribution is 6.42. The summed E-state index contributed by atoms with van der Waals surface area (Å²) in [5.74, 6) is -1.36. The van der Waals surface area contributed by atoms with Crippen LogP contribution in [-0.4, -0.2) is 45.5 Å². The van der Waals surface area contributed by atoms with Gasteiger partial charge in [0.25, 0.3) is 0 Å². The molecule has 6 atom stereocenters. The highest BCUT2D eigenvalue weighted by Gasteiger charge is 2.61. The second-order valence-electron chi connectivity index (χ2n) is 6.50. The topological polar surface area (TPSA) is 91.7 Å². The van der Waals surface area contributed by atoms with Gasteiger partial charge < -0.3 is 20.3 Å². The number of anilines is 1. The van der Waals surface area contributed by atoms with Crippen LogP contribution in [0.2, 0.25) is 10.0 Å². The van der Waals surface area contributed by atoms with Crippen molar-refractivity contribution in [3.63, 3.8) is 0 Å². The first-order chi connectivity index (χ1) is 12.5. The predicted molar refractivity (Wildman–Crippen MR) is 96.2 cm³/mol. The van der Waals surface area contributed by atoms with Gasteiger partial charge >= 0.3 is 0 Å². The van der Waals surface area contributed by atoms with E-state index in [0.717, 1.165) is 5.56 Å². The predicted octanol–water partition coefficient (Wildman–Crippen LogP) is 2.23. The number of hydrogen-bond acceptors (Lipinski definition) is 5. The lowest BCUT2D eigenvalue weighted by Crippen LogP contribution is -2.49. The van der Waals surface area contributed by atoms with Crippen LogP contribution < -0.4 is 5.32 Å². The van der Waals surface area contributed by atoms with Crippen LogP contribution in [0.4, 0.5) is 5.69 Å². The van der Waals surface area contributed by atoms with Crippen LogP contribution >= 0.6 is 23.2 Å². The van der Waals surface area contributed by atoms with E-state index in [1.165, 1.54) is 0 Å². The van der Waals surface area contributed by atoms with E-state index < -0.39 is 30.3 Å². The van der Waals surface area contributed by atoms with Gasteiger partial charge in [-0.3, -0.25) is 9.78 Å². The van der Waals surface area contributed by atoms with Crippen molar-refractivity contribution in [2.75, 3.05) is 5.32 Å². The summed E-state index contributed by atoms with van der Waals surface area (Å²) >= 11 is 11.9. The summed E-state index contributed by atoms with van der Waals surface area (Å²) in [7, 11) is 0. The number of fused-ring (bicyclic) bond motifs is 2. The van der Waals surface area contributed by atoms with Crippen molar-refractivity contribution in [1.29, 1.82) is 0 Å². The zero-order chi connectivity index (χ0) is 18.4. The number of ether oxygens (including phenoxy) is 1. The van der Waals surface area contributed by atoms with Gasteiger partial charge in [0.05, 0.1) is 28.2 Å². The number of hydrogen-bond donors (Lipinski definition) is 3. The number of halogens is 2. The molecule has 6 nitrogen and oxygen atoms in total. The minimum absolute atomic E-state index is 0.316. The largest absolute Gasteiger partial charge is 0.388 e. The molecule has 0 radical (unpaired) electrons. The lowest BCUT2D eigenvalue weighted by molar-refractivity contribution is -0.124. The maximum atomic E-state index is 13.0. The number of benzene rings is 1. The SMILES string of the molecule is O=C(Nc1ccc(Cl)c(Cl)c1)[C@H]1[C@H]2O[C@@H]([C@@H](O)[C@H]2O)[C@@H]1c1ccncc1. The molecule has 26 heavy (non-hydrogen) atoms. The van der Waals surface area contributed by atoms with Gasteiger partial charge in [0.1, 0.15) is 12.2 Å². The lowest BCUT2D eigenvalue weighted by atomic mass is 9.73. The van der Waals surface area contributed by atoms with Crippen molar-refractivity contribution in [2.24, 2.45) is 5.92 Å². The molecule has 0 unspecified atom stereocenters. The number of aliphatic hydroxyl groups is 2. The first-order valence-electron chi connectivity index (χ1n) is 8.15. The molecular formula is C18H16Cl2N2O4. The average Bonchev–Trinajstić information content (AvgIpc) is 3.16. The zero-order valence-electron chi connectivity index (χ0n) is 13.4. The molecule has 2 bridgehead atoms. The molecule has 2 aromatic rings. The van der Waals surface area contributed by atoms with E-state index in [-0.39, 0.29) is 11.8 Å². The van der Waals surface area contributed by atoms with Gasteiger partial charge in [-0.15, -0.1) is 0 Å². The molecule has 1 amide bonds. The minimum atomic E-state index is -1.11. The van der Waals surface area contributed by atoms with Crippen molar-refractivity contribution < 1.29 is 19.7 Å².